The Balaban J connectivity index is 3.91. The molecule has 0 aliphatic heterocycles. The lowest BCUT2D eigenvalue weighted by Crippen LogP contribution is -2.12. The summed E-state index contributed by atoms with van der Waals surface area (Å²) in [6.45, 7) is 4.03. The maximum atomic E-state index is 11.3. The lowest BCUT2D eigenvalue weighted by molar-refractivity contribution is 0.159. The second-order valence-electron chi connectivity index (χ2n) is 1.76. The zero-order valence-electron chi connectivity index (χ0n) is 6.74. The molecule has 0 saturated heterocycles. The highest BCUT2D eigenvalue weighted by atomic mass is 31.2. The molecule has 2 N–H and O–H groups in total. The van der Waals surface area contributed by atoms with Gasteiger partial charge in [-0.25, -0.2) is 0 Å². The highest BCUT2D eigenvalue weighted by Gasteiger charge is 2.22. The monoisotopic (exact) mass is 183 g/mol. The molecule has 68 valence electrons. The highest BCUT2D eigenvalue weighted by Crippen LogP contribution is 2.46. The molecule has 11 heavy (non-hydrogen) atoms. The van der Waals surface area contributed by atoms with Crippen LogP contribution in [-0.4, -0.2) is 24.7 Å². The summed E-state index contributed by atoms with van der Waals surface area (Å²) >= 11 is 0. The zero-order valence-corrected chi connectivity index (χ0v) is 7.63. The summed E-state index contributed by atoms with van der Waals surface area (Å²) in [5, 5.41) is 8.27. The summed E-state index contributed by atoms with van der Waals surface area (Å²) in [5.74, 6) is 0. The first-order chi connectivity index (χ1) is 5.18. The van der Waals surface area contributed by atoms with Crippen molar-refractivity contribution in [3.63, 3.8) is 0 Å². The van der Waals surface area contributed by atoms with E-state index in [2.05, 4.69) is 0 Å². The van der Waals surface area contributed by atoms with Gasteiger partial charge in [0.15, 0.2) is 0 Å². The molecule has 0 unspecified atom stereocenters. The number of hydroxylamine groups is 1. The molecule has 0 fully saturated rings. The third-order valence-electron chi connectivity index (χ3n) is 0.916. The molecular weight excluding hydrogens is 169 g/mol. The van der Waals surface area contributed by atoms with Crippen LogP contribution in [0.5, 0.6) is 0 Å². The minimum atomic E-state index is -3.08. The molecule has 0 aliphatic rings. The molecular formula is C5H14NO4P. The summed E-state index contributed by atoms with van der Waals surface area (Å²) < 4.78 is 21.0. The first-order valence-corrected chi connectivity index (χ1v) is 5.16. The van der Waals surface area contributed by atoms with Crippen molar-refractivity contribution in [1.29, 1.82) is 0 Å². The predicted octanol–water partition coefficient (Wildman–Crippen LogP) is 1.19. The van der Waals surface area contributed by atoms with Gasteiger partial charge < -0.3 is 14.3 Å². The van der Waals surface area contributed by atoms with Gasteiger partial charge in [0.2, 0.25) is 0 Å². The summed E-state index contributed by atoms with van der Waals surface area (Å²) in [7, 11) is -3.08. The minimum absolute atomic E-state index is 0.172. The second kappa shape index (κ2) is 5.69. The molecule has 0 saturated carbocycles. The summed E-state index contributed by atoms with van der Waals surface area (Å²) in [4.78, 5) is 0. The number of hydrogen-bond donors (Lipinski definition) is 2. The number of rotatable bonds is 6. The molecule has 0 bridgehead atoms. The normalized spacial score (nSPS) is 11.9. The summed E-state index contributed by atoms with van der Waals surface area (Å²) in [6, 6.07) is 0. The van der Waals surface area contributed by atoms with Crippen molar-refractivity contribution in [2.45, 2.75) is 13.8 Å². The topological polar surface area (TPSA) is 67.8 Å². The molecule has 0 aromatic carbocycles. The summed E-state index contributed by atoms with van der Waals surface area (Å²) in [6.07, 6.45) is -0.172. The van der Waals surface area contributed by atoms with Gasteiger partial charge >= 0.3 is 7.60 Å². The first kappa shape index (κ1) is 11.1. The Morgan fingerprint density at radius 1 is 1.36 bits per heavy atom. The zero-order chi connectivity index (χ0) is 8.74. The smallest absolute Gasteiger partial charge is 0.316 e. The van der Waals surface area contributed by atoms with Gasteiger partial charge in [0.25, 0.3) is 0 Å². The lowest BCUT2D eigenvalue weighted by atomic mass is 10.9. The molecule has 0 rings (SSSR count). The third kappa shape index (κ3) is 4.50. The summed E-state index contributed by atoms with van der Waals surface area (Å²) in [5.41, 5.74) is 1.76. The van der Waals surface area contributed by atoms with Crippen LogP contribution < -0.4 is 5.48 Å². The third-order valence-corrected chi connectivity index (χ3v) is 2.75. The van der Waals surface area contributed by atoms with E-state index in [-0.39, 0.29) is 6.29 Å². The second-order valence-corrected chi connectivity index (χ2v) is 3.82. The molecule has 0 aromatic heterocycles. The fourth-order valence-corrected chi connectivity index (χ4v) is 1.83. The van der Waals surface area contributed by atoms with E-state index < -0.39 is 7.60 Å². The molecule has 0 aliphatic carbocycles. The van der Waals surface area contributed by atoms with Gasteiger partial charge in [-0.2, -0.15) is 5.48 Å². The standard InChI is InChI=1S/C5H14NO4P/c1-3-9-11(8,5-6-7)10-4-2/h6-7H,3-5H2,1-2H3. The molecule has 0 amide bonds. The van der Waals surface area contributed by atoms with Crippen molar-refractivity contribution >= 4 is 7.60 Å². The van der Waals surface area contributed by atoms with Crippen molar-refractivity contribution in [3.8, 4) is 0 Å². The largest absolute Gasteiger partial charge is 0.346 e. The SMILES string of the molecule is CCOP(=O)(CNO)OCC. The quantitative estimate of drug-likeness (QED) is 0.478. The first-order valence-electron chi connectivity index (χ1n) is 3.43. The fourth-order valence-electron chi connectivity index (χ4n) is 0.609. The average Bonchev–Trinajstić information content (AvgIpc) is 1.88. The predicted molar refractivity (Wildman–Crippen MR) is 40.6 cm³/mol. The Morgan fingerprint density at radius 3 is 2.09 bits per heavy atom. The highest BCUT2D eigenvalue weighted by molar-refractivity contribution is 7.53. The van der Waals surface area contributed by atoms with Gasteiger partial charge in [-0.1, -0.05) is 0 Å². The van der Waals surface area contributed by atoms with Crippen LogP contribution in [-0.2, 0) is 13.6 Å². The maximum absolute atomic E-state index is 11.3. The average molecular weight is 183 g/mol. The van der Waals surface area contributed by atoms with E-state index in [9.17, 15) is 4.57 Å². The van der Waals surface area contributed by atoms with Gasteiger partial charge in [0.05, 0.1) is 13.2 Å². The van der Waals surface area contributed by atoms with Crippen LogP contribution in [0, 0.1) is 0 Å². The van der Waals surface area contributed by atoms with Crippen LogP contribution in [0.3, 0.4) is 0 Å². The van der Waals surface area contributed by atoms with E-state index in [1.807, 2.05) is 0 Å². The molecule has 0 atom stereocenters. The van der Waals surface area contributed by atoms with Crippen LogP contribution in [0.2, 0.25) is 0 Å². The Labute approximate surface area is 66.2 Å². The van der Waals surface area contributed by atoms with Gasteiger partial charge in [-0.15, -0.1) is 0 Å². The van der Waals surface area contributed by atoms with E-state index in [4.69, 9.17) is 14.3 Å². The van der Waals surface area contributed by atoms with Crippen molar-refractivity contribution < 1.29 is 18.8 Å². The van der Waals surface area contributed by atoms with Gasteiger partial charge in [0, 0.05) is 0 Å². The van der Waals surface area contributed by atoms with Crippen LogP contribution >= 0.6 is 7.60 Å². The van der Waals surface area contributed by atoms with Gasteiger partial charge in [0.1, 0.15) is 6.29 Å². The van der Waals surface area contributed by atoms with E-state index >= 15 is 0 Å². The number of nitrogens with one attached hydrogen (secondary N) is 1. The van der Waals surface area contributed by atoms with Crippen LogP contribution in [0.1, 0.15) is 13.8 Å². The van der Waals surface area contributed by atoms with E-state index in [1.54, 1.807) is 19.3 Å². The van der Waals surface area contributed by atoms with Crippen molar-refractivity contribution in [2.75, 3.05) is 19.5 Å². The Kier molecular flexibility index (Phi) is 5.72. The molecule has 0 radical (unpaired) electrons. The number of hydrogen-bond acceptors (Lipinski definition) is 5. The fraction of sp³-hybridized carbons (Fsp3) is 1.00. The van der Waals surface area contributed by atoms with Gasteiger partial charge in [-0.05, 0) is 13.8 Å². The van der Waals surface area contributed by atoms with E-state index in [0.29, 0.717) is 13.2 Å². The molecule has 0 heterocycles. The van der Waals surface area contributed by atoms with E-state index in [1.165, 1.54) is 0 Å². The van der Waals surface area contributed by atoms with Gasteiger partial charge in [-0.3, -0.25) is 4.57 Å². The lowest BCUT2D eigenvalue weighted by Gasteiger charge is -2.15. The van der Waals surface area contributed by atoms with Crippen molar-refractivity contribution in [2.24, 2.45) is 0 Å². The Morgan fingerprint density at radius 2 is 1.82 bits per heavy atom. The molecule has 0 aromatic rings. The minimum Gasteiger partial charge on any atom is -0.316 e. The molecule has 5 nitrogen and oxygen atoms in total. The van der Waals surface area contributed by atoms with Crippen LogP contribution in [0.25, 0.3) is 0 Å². The molecule has 6 heteroatoms. The van der Waals surface area contributed by atoms with E-state index in [0.717, 1.165) is 0 Å². The Bertz CT molecular complexity index is 117. The Hall–Kier alpha value is 0.0700. The van der Waals surface area contributed by atoms with Crippen LogP contribution in [0.4, 0.5) is 0 Å². The van der Waals surface area contributed by atoms with Crippen molar-refractivity contribution in [3.05, 3.63) is 0 Å². The van der Waals surface area contributed by atoms with Crippen LogP contribution in [0.15, 0.2) is 0 Å². The maximum Gasteiger partial charge on any atom is 0.346 e. The van der Waals surface area contributed by atoms with Crippen molar-refractivity contribution in [1.82, 2.24) is 5.48 Å². The molecule has 0 spiro atoms.